The first-order valence-electron chi connectivity index (χ1n) is 12.4. The van der Waals surface area contributed by atoms with E-state index in [0.29, 0.717) is 16.7 Å². The number of sulfone groups is 1. The summed E-state index contributed by atoms with van der Waals surface area (Å²) in [6.45, 7) is 2.94. The highest BCUT2D eigenvalue weighted by Gasteiger charge is 2.35. The van der Waals surface area contributed by atoms with Crippen molar-refractivity contribution in [1.82, 2.24) is 14.5 Å². The van der Waals surface area contributed by atoms with Gasteiger partial charge in [-0.05, 0) is 66.6 Å². The number of hydrogen-bond donors (Lipinski definition) is 0. The zero-order chi connectivity index (χ0) is 31.3. The van der Waals surface area contributed by atoms with Gasteiger partial charge in [0.05, 0.1) is 10.6 Å². The Kier molecular flexibility index (Phi) is 7.37. The number of halogens is 6. The lowest BCUT2D eigenvalue weighted by Crippen LogP contribution is -2.16. The molecule has 5 aromatic rings. The van der Waals surface area contributed by atoms with Crippen LogP contribution in [0.1, 0.15) is 17.4 Å². The van der Waals surface area contributed by atoms with Crippen molar-refractivity contribution in [3.8, 4) is 45.1 Å². The predicted molar refractivity (Wildman–Crippen MR) is 144 cm³/mol. The van der Waals surface area contributed by atoms with Gasteiger partial charge in [0.2, 0.25) is 0 Å². The quantitative estimate of drug-likeness (QED) is 0.180. The molecule has 0 spiro atoms. The van der Waals surface area contributed by atoms with Crippen LogP contribution in [0.5, 0.6) is 5.75 Å². The van der Waals surface area contributed by atoms with Crippen molar-refractivity contribution in [2.75, 3.05) is 6.26 Å². The highest BCUT2D eigenvalue weighted by atomic mass is 32.2. The Bertz CT molecular complexity index is 1930. The minimum atomic E-state index is -4.89. The van der Waals surface area contributed by atoms with E-state index >= 15 is 0 Å². The van der Waals surface area contributed by atoms with E-state index in [1.54, 1.807) is 24.3 Å². The minimum absolute atomic E-state index is 0.0202. The molecular formula is C29H21F6N3O4S. The van der Waals surface area contributed by atoms with Crippen LogP contribution in [-0.4, -0.2) is 35.6 Å². The van der Waals surface area contributed by atoms with Crippen LogP contribution < -0.4 is 4.74 Å². The van der Waals surface area contributed by atoms with Crippen LogP contribution in [0, 0.1) is 13.8 Å². The van der Waals surface area contributed by atoms with Gasteiger partial charge < -0.3 is 13.7 Å². The van der Waals surface area contributed by atoms with Gasteiger partial charge >= 0.3 is 12.5 Å². The smallest absolute Gasteiger partial charge is 0.440 e. The number of imidazole rings is 1. The average Bonchev–Trinajstić information content (AvgIpc) is 3.50. The molecule has 0 atom stereocenters. The molecule has 0 fully saturated rings. The van der Waals surface area contributed by atoms with Gasteiger partial charge in [-0.15, -0.1) is 13.2 Å². The minimum Gasteiger partial charge on any atom is -0.440 e. The molecule has 0 aliphatic heterocycles. The molecule has 0 saturated heterocycles. The van der Waals surface area contributed by atoms with Crippen molar-refractivity contribution >= 4 is 9.84 Å². The number of aromatic nitrogens is 3. The van der Waals surface area contributed by atoms with Crippen molar-refractivity contribution in [1.29, 1.82) is 0 Å². The van der Waals surface area contributed by atoms with Crippen molar-refractivity contribution < 1.29 is 43.9 Å². The standard InChI is InChI=1S/C29H21F6N3O4S/c1-16-36-25(28(30,31)32)15-38(16)24-12-9-20(19-5-4-6-22(13-19)43(3,39)40)14-23(24)27-26(37-17(2)41-27)18-7-10-21(11-8-18)42-29(33,34)35/h4-15H,1-3H3. The third-order valence-electron chi connectivity index (χ3n) is 6.36. The van der Waals surface area contributed by atoms with E-state index in [1.807, 2.05) is 0 Å². The molecule has 5 rings (SSSR count). The summed E-state index contributed by atoms with van der Waals surface area (Å²) in [6, 6.07) is 15.8. The molecule has 2 aromatic heterocycles. The Morgan fingerprint density at radius 1 is 0.837 bits per heavy atom. The highest BCUT2D eigenvalue weighted by Crippen LogP contribution is 2.40. The number of rotatable bonds is 6. The van der Waals surface area contributed by atoms with Gasteiger partial charge in [0, 0.05) is 30.5 Å². The fraction of sp³-hybridized carbons (Fsp3) is 0.172. The second-order valence-corrected chi connectivity index (χ2v) is 11.6. The summed E-state index contributed by atoms with van der Waals surface area (Å²) in [5, 5.41) is 0. The predicted octanol–water partition coefficient (Wildman–Crippen LogP) is 7.80. The number of ether oxygens (including phenoxy) is 1. The van der Waals surface area contributed by atoms with E-state index in [9.17, 15) is 34.8 Å². The molecule has 0 saturated carbocycles. The van der Waals surface area contributed by atoms with Gasteiger partial charge in [-0.1, -0.05) is 18.2 Å². The Morgan fingerprint density at radius 2 is 1.49 bits per heavy atom. The topological polar surface area (TPSA) is 87.2 Å². The Balaban J connectivity index is 1.72. The molecule has 0 aliphatic carbocycles. The van der Waals surface area contributed by atoms with E-state index in [0.717, 1.165) is 24.6 Å². The van der Waals surface area contributed by atoms with Crippen molar-refractivity contribution in [3.63, 3.8) is 0 Å². The third kappa shape index (κ3) is 6.43. The lowest BCUT2D eigenvalue weighted by molar-refractivity contribution is -0.274. The lowest BCUT2D eigenvalue weighted by Gasteiger charge is -2.14. The Labute approximate surface area is 241 Å². The first kappa shape index (κ1) is 29.9. The summed E-state index contributed by atoms with van der Waals surface area (Å²) in [6.07, 6.45) is -7.70. The number of aryl methyl sites for hydroxylation is 2. The fourth-order valence-corrected chi connectivity index (χ4v) is 5.15. The number of oxazole rings is 1. The van der Waals surface area contributed by atoms with E-state index < -0.39 is 33.8 Å². The van der Waals surface area contributed by atoms with Crippen LogP contribution in [0.25, 0.3) is 39.4 Å². The summed E-state index contributed by atoms with van der Waals surface area (Å²) in [5.74, 6) is -0.152. The zero-order valence-corrected chi connectivity index (χ0v) is 23.4. The number of alkyl halides is 6. The monoisotopic (exact) mass is 621 g/mol. The summed E-state index contributed by atoms with van der Waals surface area (Å²) >= 11 is 0. The Hall–Kier alpha value is -4.59. The first-order chi connectivity index (χ1) is 20.0. The van der Waals surface area contributed by atoms with E-state index in [-0.39, 0.29) is 39.3 Å². The molecular weight excluding hydrogens is 600 g/mol. The van der Waals surface area contributed by atoms with E-state index in [4.69, 9.17) is 4.42 Å². The van der Waals surface area contributed by atoms with Crippen LogP contribution in [0.15, 0.2) is 82.2 Å². The summed E-state index contributed by atoms with van der Waals surface area (Å²) in [7, 11) is -3.55. The second kappa shape index (κ2) is 10.6. The maximum Gasteiger partial charge on any atom is 0.573 e. The van der Waals surface area contributed by atoms with Crippen LogP contribution in [0.3, 0.4) is 0 Å². The first-order valence-corrected chi connectivity index (χ1v) is 14.3. The fourth-order valence-electron chi connectivity index (χ4n) is 4.49. The van der Waals surface area contributed by atoms with Gasteiger partial charge in [0.1, 0.15) is 17.3 Å². The van der Waals surface area contributed by atoms with Crippen molar-refractivity contribution in [2.24, 2.45) is 0 Å². The van der Waals surface area contributed by atoms with Gasteiger partial charge in [0.15, 0.2) is 27.2 Å². The molecule has 0 bridgehead atoms. The molecule has 0 radical (unpaired) electrons. The molecule has 0 unspecified atom stereocenters. The highest BCUT2D eigenvalue weighted by molar-refractivity contribution is 7.90. The van der Waals surface area contributed by atoms with Crippen molar-refractivity contribution in [3.05, 3.63) is 90.3 Å². The second-order valence-electron chi connectivity index (χ2n) is 9.56. The van der Waals surface area contributed by atoms with E-state index in [2.05, 4.69) is 14.7 Å². The maximum absolute atomic E-state index is 13.5. The maximum atomic E-state index is 13.5. The summed E-state index contributed by atoms with van der Waals surface area (Å²) in [4.78, 5) is 8.12. The molecule has 2 heterocycles. The summed E-state index contributed by atoms with van der Waals surface area (Å²) < 4.78 is 114. The average molecular weight is 622 g/mol. The Morgan fingerprint density at radius 3 is 2.09 bits per heavy atom. The molecule has 7 nitrogen and oxygen atoms in total. The number of nitrogens with zero attached hydrogens (tertiary/aromatic N) is 3. The van der Waals surface area contributed by atoms with E-state index in [1.165, 1.54) is 48.7 Å². The lowest BCUT2D eigenvalue weighted by atomic mass is 9.98. The van der Waals surface area contributed by atoms with Gasteiger partial charge in [-0.25, -0.2) is 18.4 Å². The number of hydrogen-bond acceptors (Lipinski definition) is 6. The van der Waals surface area contributed by atoms with Gasteiger partial charge in [-0.2, -0.15) is 13.2 Å². The van der Waals surface area contributed by atoms with Gasteiger partial charge in [0.25, 0.3) is 0 Å². The number of benzene rings is 3. The molecule has 14 heteroatoms. The molecule has 0 aliphatic rings. The van der Waals surface area contributed by atoms with Crippen LogP contribution in [-0.2, 0) is 16.0 Å². The molecule has 0 amide bonds. The normalized spacial score (nSPS) is 12.5. The largest absolute Gasteiger partial charge is 0.573 e. The molecule has 0 N–H and O–H groups in total. The third-order valence-corrected chi connectivity index (χ3v) is 7.47. The molecule has 224 valence electrons. The van der Waals surface area contributed by atoms with Crippen LogP contribution >= 0.6 is 0 Å². The molecule has 43 heavy (non-hydrogen) atoms. The summed E-state index contributed by atoms with van der Waals surface area (Å²) in [5.41, 5.74) is 0.937. The van der Waals surface area contributed by atoms with Gasteiger partial charge in [-0.3, -0.25) is 0 Å². The SMILES string of the molecule is Cc1nc(-c2ccc(OC(F)(F)F)cc2)c(-c2cc(-c3cccc(S(C)(=O)=O)c3)ccc2-n2cc(C(F)(F)F)nc2C)o1. The van der Waals surface area contributed by atoms with Crippen LogP contribution in [0.2, 0.25) is 0 Å². The van der Waals surface area contributed by atoms with Crippen LogP contribution in [0.4, 0.5) is 26.3 Å². The van der Waals surface area contributed by atoms with Crippen molar-refractivity contribution in [2.45, 2.75) is 31.3 Å². The molecule has 3 aromatic carbocycles. The zero-order valence-electron chi connectivity index (χ0n) is 22.6.